The van der Waals surface area contributed by atoms with E-state index in [-0.39, 0.29) is 18.2 Å². The minimum Gasteiger partial charge on any atom is -0.506 e. The first-order chi connectivity index (χ1) is 9.61. The molecule has 1 saturated heterocycles. The quantitative estimate of drug-likeness (QED) is 0.718. The Morgan fingerprint density at radius 3 is 2.75 bits per heavy atom. The molecule has 110 valence electrons. The van der Waals surface area contributed by atoms with E-state index in [4.69, 9.17) is 15.2 Å². The van der Waals surface area contributed by atoms with Crippen molar-refractivity contribution in [1.82, 2.24) is 0 Å². The molecule has 1 aromatic carbocycles. The van der Waals surface area contributed by atoms with Crippen molar-refractivity contribution >= 4 is 11.6 Å². The highest BCUT2D eigenvalue weighted by molar-refractivity contribution is 5.96. The number of methoxy groups -OCH3 is 1. The lowest BCUT2D eigenvalue weighted by atomic mass is 9.79. The summed E-state index contributed by atoms with van der Waals surface area (Å²) in [6, 6.07) is 4.73. The fourth-order valence-electron chi connectivity index (χ4n) is 2.29. The molecule has 1 aliphatic heterocycles. The molecule has 1 aliphatic rings. The highest BCUT2D eigenvalue weighted by Gasteiger charge is 2.39. The molecule has 0 spiro atoms. The second-order valence-corrected chi connectivity index (χ2v) is 4.93. The van der Waals surface area contributed by atoms with Gasteiger partial charge < -0.3 is 25.6 Å². The average molecular weight is 280 g/mol. The normalized spacial score (nSPS) is 17.5. The van der Waals surface area contributed by atoms with Gasteiger partial charge in [0.1, 0.15) is 11.5 Å². The van der Waals surface area contributed by atoms with Gasteiger partial charge in [-0.3, -0.25) is 4.79 Å². The van der Waals surface area contributed by atoms with Gasteiger partial charge in [0, 0.05) is 25.8 Å². The van der Waals surface area contributed by atoms with Gasteiger partial charge in [0.05, 0.1) is 18.2 Å². The number of anilines is 1. The van der Waals surface area contributed by atoms with Crippen LogP contribution in [0.4, 0.5) is 5.69 Å². The van der Waals surface area contributed by atoms with Gasteiger partial charge in [-0.05, 0) is 25.0 Å². The van der Waals surface area contributed by atoms with E-state index in [0.29, 0.717) is 37.5 Å². The van der Waals surface area contributed by atoms with E-state index in [1.807, 2.05) is 0 Å². The minimum atomic E-state index is -0.620. The molecule has 1 heterocycles. The number of nitrogens with one attached hydrogen (secondary N) is 1. The van der Waals surface area contributed by atoms with Gasteiger partial charge in [0.2, 0.25) is 5.91 Å². The second kappa shape index (κ2) is 6.11. The monoisotopic (exact) mass is 280 g/mol. The zero-order chi connectivity index (χ0) is 14.6. The summed E-state index contributed by atoms with van der Waals surface area (Å²) in [5.74, 6) is 0.320. The summed E-state index contributed by atoms with van der Waals surface area (Å²) >= 11 is 0. The van der Waals surface area contributed by atoms with Crippen LogP contribution in [0, 0.1) is 5.41 Å². The summed E-state index contributed by atoms with van der Waals surface area (Å²) in [5, 5.41) is 12.6. The molecule has 0 atom stereocenters. The molecule has 20 heavy (non-hydrogen) atoms. The van der Waals surface area contributed by atoms with E-state index in [1.165, 1.54) is 13.2 Å². The third-order valence-electron chi connectivity index (χ3n) is 3.78. The van der Waals surface area contributed by atoms with Crippen LogP contribution in [-0.2, 0) is 9.53 Å². The molecule has 1 aromatic rings. The average Bonchev–Trinajstić information content (AvgIpc) is 2.49. The molecule has 1 amide bonds. The van der Waals surface area contributed by atoms with Crippen molar-refractivity contribution in [2.24, 2.45) is 11.1 Å². The molecule has 0 saturated carbocycles. The van der Waals surface area contributed by atoms with Gasteiger partial charge in [-0.25, -0.2) is 0 Å². The summed E-state index contributed by atoms with van der Waals surface area (Å²) in [7, 11) is 1.51. The first-order valence-electron chi connectivity index (χ1n) is 6.57. The molecule has 2 rings (SSSR count). The summed E-state index contributed by atoms with van der Waals surface area (Å²) in [5.41, 5.74) is 5.51. The van der Waals surface area contributed by atoms with Crippen LogP contribution < -0.4 is 15.8 Å². The Bertz CT molecular complexity index is 484. The largest absolute Gasteiger partial charge is 0.506 e. The van der Waals surface area contributed by atoms with Crippen molar-refractivity contribution in [1.29, 1.82) is 0 Å². The lowest BCUT2D eigenvalue weighted by molar-refractivity contribution is -0.130. The van der Waals surface area contributed by atoms with Crippen LogP contribution in [0.25, 0.3) is 0 Å². The standard InChI is InChI=1S/C14H20N2O4/c1-19-10-2-3-11(12(17)8-10)16-13(18)14(9-15)4-6-20-7-5-14/h2-3,8,17H,4-7,9,15H2,1H3,(H,16,18). The fourth-order valence-corrected chi connectivity index (χ4v) is 2.29. The Morgan fingerprint density at radius 2 is 2.20 bits per heavy atom. The molecule has 0 unspecified atom stereocenters. The number of phenolic OH excluding ortho intramolecular Hbond substituents is 1. The summed E-state index contributed by atoms with van der Waals surface area (Å²) < 4.78 is 10.3. The number of benzene rings is 1. The molecule has 0 aromatic heterocycles. The molecule has 0 aliphatic carbocycles. The van der Waals surface area contributed by atoms with Crippen LogP contribution in [-0.4, -0.2) is 37.9 Å². The van der Waals surface area contributed by atoms with Gasteiger partial charge in [0.15, 0.2) is 0 Å². The van der Waals surface area contributed by atoms with E-state index < -0.39 is 5.41 Å². The Kier molecular flexibility index (Phi) is 4.46. The third-order valence-corrected chi connectivity index (χ3v) is 3.78. The molecule has 1 fully saturated rings. The van der Waals surface area contributed by atoms with Gasteiger partial charge in [-0.15, -0.1) is 0 Å². The number of aromatic hydroxyl groups is 1. The van der Waals surface area contributed by atoms with E-state index in [2.05, 4.69) is 5.32 Å². The van der Waals surface area contributed by atoms with Crippen LogP contribution >= 0.6 is 0 Å². The summed E-state index contributed by atoms with van der Waals surface area (Å²) in [6.45, 7) is 1.32. The van der Waals surface area contributed by atoms with Crippen LogP contribution in [0.15, 0.2) is 18.2 Å². The van der Waals surface area contributed by atoms with Crippen molar-refractivity contribution in [3.05, 3.63) is 18.2 Å². The molecular formula is C14H20N2O4. The van der Waals surface area contributed by atoms with E-state index in [9.17, 15) is 9.90 Å². The Hall–Kier alpha value is -1.79. The number of hydrogen-bond donors (Lipinski definition) is 3. The first kappa shape index (κ1) is 14.6. The Labute approximate surface area is 117 Å². The highest BCUT2D eigenvalue weighted by atomic mass is 16.5. The molecule has 0 bridgehead atoms. The molecule has 4 N–H and O–H groups in total. The number of phenols is 1. The highest BCUT2D eigenvalue weighted by Crippen LogP contribution is 2.33. The smallest absolute Gasteiger partial charge is 0.232 e. The van der Waals surface area contributed by atoms with Crippen molar-refractivity contribution in [3.8, 4) is 11.5 Å². The second-order valence-electron chi connectivity index (χ2n) is 4.93. The first-order valence-corrected chi connectivity index (χ1v) is 6.57. The van der Waals surface area contributed by atoms with E-state index in [0.717, 1.165) is 0 Å². The van der Waals surface area contributed by atoms with Crippen LogP contribution in [0.3, 0.4) is 0 Å². The lowest BCUT2D eigenvalue weighted by Crippen LogP contribution is -2.46. The SMILES string of the molecule is COc1ccc(NC(=O)C2(CN)CCOCC2)c(O)c1. The lowest BCUT2D eigenvalue weighted by Gasteiger charge is -2.34. The fraction of sp³-hybridized carbons (Fsp3) is 0.500. The molecule has 6 nitrogen and oxygen atoms in total. The van der Waals surface area contributed by atoms with Gasteiger partial charge in [-0.1, -0.05) is 0 Å². The number of hydrogen-bond acceptors (Lipinski definition) is 5. The van der Waals surface area contributed by atoms with Gasteiger partial charge in [0.25, 0.3) is 0 Å². The Morgan fingerprint density at radius 1 is 1.50 bits per heavy atom. The van der Waals surface area contributed by atoms with Crippen LogP contribution in [0.5, 0.6) is 11.5 Å². The van der Waals surface area contributed by atoms with Crippen molar-refractivity contribution in [3.63, 3.8) is 0 Å². The predicted octanol–water partition coefficient (Wildman–Crippen LogP) is 1.09. The van der Waals surface area contributed by atoms with Gasteiger partial charge in [-0.2, -0.15) is 0 Å². The molecule has 0 radical (unpaired) electrons. The summed E-state index contributed by atoms with van der Waals surface area (Å²) in [4.78, 5) is 12.4. The maximum Gasteiger partial charge on any atom is 0.232 e. The van der Waals surface area contributed by atoms with Crippen LogP contribution in [0.1, 0.15) is 12.8 Å². The number of carbonyl (C=O) groups excluding carboxylic acids is 1. The summed E-state index contributed by atoms with van der Waals surface area (Å²) in [6.07, 6.45) is 1.18. The van der Waals surface area contributed by atoms with E-state index in [1.54, 1.807) is 12.1 Å². The number of ether oxygens (including phenoxy) is 2. The molecular weight excluding hydrogens is 260 g/mol. The van der Waals surface area contributed by atoms with Crippen molar-refractivity contribution < 1.29 is 19.4 Å². The molecule has 6 heteroatoms. The van der Waals surface area contributed by atoms with E-state index >= 15 is 0 Å². The number of nitrogens with two attached hydrogens (primary N) is 1. The van der Waals surface area contributed by atoms with Crippen LogP contribution in [0.2, 0.25) is 0 Å². The Balaban J connectivity index is 2.14. The number of carbonyl (C=O) groups is 1. The maximum absolute atomic E-state index is 12.4. The predicted molar refractivity (Wildman–Crippen MR) is 74.8 cm³/mol. The number of rotatable bonds is 4. The van der Waals surface area contributed by atoms with Gasteiger partial charge >= 0.3 is 0 Å². The zero-order valence-electron chi connectivity index (χ0n) is 11.5. The number of amides is 1. The van der Waals surface area contributed by atoms with Crippen molar-refractivity contribution in [2.45, 2.75) is 12.8 Å². The third kappa shape index (κ3) is 2.86. The topological polar surface area (TPSA) is 93.8 Å². The van der Waals surface area contributed by atoms with Crippen molar-refractivity contribution in [2.75, 3.05) is 32.2 Å². The zero-order valence-corrected chi connectivity index (χ0v) is 11.5. The minimum absolute atomic E-state index is 0.0306. The maximum atomic E-state index is 12.4.